The molecule has 0 atom stereocenters. The van der Waals surface area contributed by atoms with Gasteiger partial charge in [0, 0.05) is 6.54 Å². The van der Waals surface area contributed by atoms with E-state index >= 15 is 0 Å². The minimum atomic E-state index is 0.292. The highest BCUT2D eigenvalue weighted by atomic mass is 16.3. The van der Waals surface area contributed by atoms with Crippen molar-refractivity contribution in [1.29, 1.82) is 0 Å². The second-order valence-corrected chi connectivity index (χ2v) is 2.57. The van der Waals surface area contributed by atoms with Gasteiger partial charge in [-0.15, -0.1) is 0 Å². The lowest BCUT2D eigenvalue weighted by atomic mass is 10.3. The lowest BCUT2D eigenvalue weighted by molar-refractivity contribution is 0.196. The van der Waals surface area contributed by atoms with E-state index in [0.717, 1.165) is 19.6 Å². The maximum Gasteiger partial charge on any atom is 0.0558 e. The number of hydrogen-bond acceptors (Lipinski definition) is 2. The van der Waals surface area contributed by atoms with Gasteiger partial charge in [-0.25, -0.2) is 0 Å². The predicted molar refractivity (Wildman–Crippen MR) is 44.1 cm³/mol. The number of rotatable bonds is 6. The molecule has 0 saturated heterocycles. The summed E-state index contributed by atoms with van der Waals surface area (Å²) >= 11 is 0. The summed E-state index contributed by atoms with van der Waals surface area (Å²) in [5.74, 6) is 0. The Balaban J connectivity index is 3.30. The summed E-state index contributed by atoms with van der Waals surface area (Å²) in [5, 5.41) is 8.65. The van der Waals surface area contributed by atoms with Crippen molar-refractivity contribution in [3.8, 4) is 0 Å². The smallest absolute Gasteiger partial charge is 0.0558 e. The molecule has 0 unspecified atom stereocenters. The monoisotopic (exact) mass is 145 g/mol. The zero-order chi connectivity index (χ0) is 7.82. The highest BCUT2D eigenvalue weighted by Gasteiger charge is 1.98. The average Bonchev–Trinajstić information content (AvgIpc) is 1.90. The van der Waals surface area contributed by atoms with Gasteiger partial charge in [0.1, 0.15) is 0 Å². The van der Waals surface area contributed by atoms with Crippen LogP contribution >= 0.6 is 0 Å². The molecule has 62 valence electrons. The van der Waals surface area contributed by atoms with Gasteiger partial charge in [0.05, 0.1) is 6.61 Å². The van der Waals surface area contributed by atoms with Crippen LogP contribution in [0.1, 0.15) is 26.7 Å². The van der Waals surface area contributed by atoms with Crippen molar-refractivity contribution in [2.24, 2.45) is 0 Å². The summed E-state index contributed by atoms with van der Waals surface area (Å²) in [6.45, 7) is 7.70. The Morgan fingerprint density at radius 3 is 1.80 bits per heavy atom. The maximum atomic E-state index is 8.65. The van der Waals surface area contributed by atoms with Crippen LogP contribution in [0.5, 0.6) is 0 Å². The highest BCUT2D eigenvalue weighted by molar-refractivity contribution is 4.53. The van der Waals surface area contributed by atoms with Gasteiger partial charge in [-0.05, 0) is 25.9 Å². The topological polar surface area (TPSA) is 23.5 Å². The van der Waals surface area contributed by atoms with Crippen molar-refractivity contribution in [1.82, 2.24) is 4.90 Å². The van der Waals surface area contributed by atoms with E-state index < -0.39 is 0 Å². The molecular weight excluding hydrogens is 126 g/mol. The van der Waals surface area contributed by atoms with Crippen molar-refractivity contribution < 1.29 is 5.11 Å². The Labute approximate surface area is 63.8 Å². The summed E-state index contributed by atoms with van der Waals surface area (Å²) < 4.78 is 0. The molecule has 0 bridgehead atoms. The Hall–Kier alpha value is -0.0800. The maximum absolute atomic E-state index is 8.65. The van der Waals surface area contributed by atoms with Crippen LogP contribution in [-0.2, 0) is 0 Å². The summed E-state index contributed by atoms with van der Waals surface area (Å²) in [4.78, 5) is 2.29. The molecule has 0 spiro atoms. The molecule has 0 saturated carbocycles. The van der Waals surface area contributed by atoms with Crippen LogP contribution < -0.4 is 0 Å². The quantitative estimate of drug-likeness (QED) is 0.605. The fourth-order valence-electron chi connectivity index (χ4n) is 1.11. The molecule has 2 heteroatoms. The third-order valence-electron chi connectivity index (χ3n) is 1.50. The molecular formula is C8H19NO. The summed E-state index contributed by atoms with van der Waals surface area (Å²) in [6, 6.07) is 0. The molecule has 1 N–H and O–H groups in total. The first-order valence-corrected chi connectivity index (χ1v) is 4.18. The minimum Gasteiger partial charge on any atom is -0.395 e. The third-order valence-corrected chi connectivity index (χ3v) is 1.50. The fourth-order valence-corrected chi connectivity index (χ4v) is 1.11. The highest BCUT2D eigenvalue weighted by Crippen LogP contribution is 1.91. The average molecular weight is 145 g/mol. The standard InChI is InChI=1S/C8H19NO/c1-3-5-9(6-4-2)7-8-10/h10H,3-8H2,1-2H3. The summed E-state index contributed by atoms with van der Waals surface area (Å²) in [5.41, 5.74) is 0. The first kappa shape index (κ1) is 9.92. The SMILES string of the molecule is CCCN(CCC)CCO. The molecule has 2 nitrogen and oxygen atoms in total. The molecule has 0 fully saturated rings. The van der Waals surface area contributed by atoms with Gasteiger partial charge in [0.25, 0.3) is 0 Å². The van der Waals surface area contributed by atoms with E-state index in [1.807, 2.05) is 0 Å². The zero-order valence-corrected chi connectivity index (χ0v) is 7.14. The van der Waals surface area contributed by atoms with Crippen molar-refractivity contribution in [3.63, 3.8) is 0 Å². The van der Waals surface area contributed by atoms with Crippen LogP contribution in [-0.4, -0.2) is 36.2 Å². The second-order valence-electron chi connectivity index (χ2n) is 2.57. The van der Waals surface area contributed by atoms with Gasteiger partial charge in [-0.3, -0.25) is 0 Å². The van der Waals surface area contributed by atoms with Gasteiger partial charge in [0.2, 0.25) is 0 Å². The Kier molecular flexibility index (Phi) is 6.98. The zero-order valence-electron chi connectivity index (χ0n) is 7.14. The lowest BCUT2D eigenvalue weighted by Gasteiger charge is -2.18. The van der Waals surface area contributed by atoms with E-state index in [0.29, 0.717) is 6.61 Å². The minimum absolute atomic E-state index is 0.292. The molecule has 0 aliphatic rings. The van der Waals surface area contributed by atoms with E-state index in [-0.39, 0.29) is 0 Å². The molecule has 0 aliphatic carbocycles. The first-order valence-electron chi connectivity index (χ1n) is 4.18. The normalized spacial score (nSPS) is 10.8. The van der Waals surface area contributed by atoms with Crippen molar-refractivity contribution in [2.45, 2.75) is 26.7 Å². The Bertz CT molecular complexity index is 52.0. The van der Waals surface area contributed by atoms with E-state index in [1.165, 1.54) is 12.8 Å². The Morgan fingerprint density at radius 1 is 1.00 bits per heavy atom. The summed E-state index contributed by atoms with van der Waals surface area (Å²) in [6.07, 6.45) is 2.36. The van der Waals surface area contributed by atoms with Gasteiger partial charge >= 0.3 is 0 Å². The number of hydrogen-bond donors (Lipinski definition) is 1. The molecule has 10 heavy (non-hydrogen) atoms. The van der Waals surface area contributed by atoms with Gasteiger partial charge < -0.3 is 10.0 Å². The van der Waals surface area contributed by atoms with Crippen LogP contribution in [0.25, 0.3) is 0 Å². The van der Waals surface area contributed by atoms with Crippen molar-refractivity contribution in [2.75, 3.05) is 26.2 Å². The van der Waals surface area contributed by atoms with E-state index in [1.54, 1.807) is 0 Å². The van der Waals surface area contributed by atoms with Crippen LogP contribution in [0.2, 0.25) is 0 Å². The van der Waals surface area contributed by atoms with Crippen molar-refractivity contribution in [3.05, 3.63) is 0 Å². The van der Waals surface area contributed by atoms with Gasteiger partial charge in [-0.2, -0.15) is 0 Å². The molecule has 0 aromatic heterocycles. The third kappa shape index (κ3) is 4.77. The first-order chi connectivity index (χ1) is 4.85. The molecule has 0 amide bonds. The molecule has 0 aromatic rings. The molecule has 0 heterocycles. The van der Waals surface area contributed by atoms with Gasteiger partial charge in [0.15, 0.2) is 0 Å². The van der Waals surface area contributed by atoms with Gasteiger partial charge in [-0.1, -0.05) is 13.8 Å². The summed E-state index contributed by atoms with van der Waals surface area (Å²) in [7, 11) is 0. The number of aliphatic hydroxyl groups is 1. The largest absolute Gasteiger partial charge is 0.395 e. The molecule has 0 rings (SSSR count). The molecule has 0 radical (unpaired) electrons. The Morgan fingerprint density at radius 2 is 1.50 bits per heavy atom. The van der Waals surface area contributed by atoms with E-state index in [4.69, 9.17) is 5.11 Å². The molecule has 0 aromatic carbocycles. The predicted octanol–water partition coefficient (Wildman–Crippen LogP) is 1.10. The fraction of sp³-hybridized carbons (Fsp3) is 1.00. The number of aliphatic hydroxyl groups excluding tert-OH is 1. The van der Waals surface area contributed by atoms with E-state index in [9.17, 15) is 0 Å². The lowest BCUT2D eigenvalue weighted by Crippen LogP contribution is -2.28. The number of nitrogens with zero attached hydrogens (tertiary/aromatic N) is 1. The molecule has 0 aliphatic heterocycles. The van der Waals surface area contributed by atoms with Crippen LogP contribution in [0.4, 0.5) is 0 Å². The van der Waals surface area contributed by atoms with Crippen molar-refractivity contribution >= 4 is 0 Å². The van der Waals surface area contributed by atoms with E-state index in [2.05, 4.69) is 18.7 Å². The van der Waals surface area contributed by atoms with Crippen LogP contribution in [0, 0.1) is 0 Å². The second kappa shape index (κ2) is 7.03. The van der Waals surface area contributed by atoms with Crippen LogP contribution in [0.3, 0.4) is 0 Å². The van der Waals surface area contributed by atoms with Crippen LogP contribution in [0.15, 0.2) is 0 Å².